The zero-order chi connectivity index (χ0) is 35.2. The maximum Gasteiger partial charge on any atom is 0.408 e. The molecule has 2 aliphatic carbocycles. The van der Waals surface area contributed by atoms with Gasteiger partial charge in [-0.25, -0.2) is 4.79 Å². The Labute approximate surface area is 284 Å². The molecule has 48 heavy (non-hydrogen) atoms. The maximum atomic E-state index is 14.4. The molecule has 266 valence electrons. The summed E-state index contributed by atoms with van der Waals surface area (Å²) in [4.78, 5) is 69.2. The molecule has 1 aliphatic heterocycles. The van der Waals surface area contributed by atoms with Crippen LogP contribution in [0.4, 0.5) is 4.79 Å². The molecule has 3 fully saturated rings. The highest BCUT2D eigenvalue weighted by Gasteiger charge is 2.52. The van der Waals surface area contributed by atoms with E-state index in [1.807, 2.05) is 58.0 Å². The number of amides is 5. The SMILES string of the molecule is CCCC(NC(=O)[C@@H]1[C@H]2CCC[C@H]2CN1C(=O)[C@@H](NC(=O)[C@@H](NC(=O)OCc1ccccc1)C(C)C)C(C)(C)C)C(O)C(=O)NC1CC1. The summed E-state index contributed by atoms with van der Waals surface area (Å²) >= 11 is 0. The molecule has 0 bridgehead atoms. The number of nitrogens with zero attached hydrogens (tertiary/aromatic N) is 1. The van der Waals surface area contributed by atoms with Crippen molar-refractivity contribution < 1.29 is 33.8 Å². The van der Waals surface area contributed by atoms with Gasteiger partial charge in [0.1, 0.15) is 24.7 Å². The summed E-state index contributed by atoms with van der Waals surface area (Å²) in [5, 5.41) is 22.2. The zero-order valence-corrected chi connectivity index (χ0v) is 29.3. The number of carbonyl (C=O) groups is 5. The first-order valence-electron chi connectivity index (χ1n) is 17.6. The highest BCUT2D eigenvalue weighted by atomic mass is 16.5. The number of alkyl carbamates (subject to hydrolysis) is 1. The molecule has 1 aromatic rings. The van der Waals surface area contributed by atoms with Crippen molar-refractivity contribution in [1.82, 2.24) is 26.2 Å². The topological polar surface area (TPSA) is 166 Å². The first-order valence-corrected chi connectivity index (χ1v) is 17.6. The van der Waals surface area contributed by atoms with Gasteiger partial charge in [0.15, 0.2) is 6.10 Å². The van der Waals surface area contributed by atoms with Crippen LogP contribution in [0.1, 0.15) is 92.1 Å². The quantitative estimate of drug-likeness (QED) is 0.203. The van der Waals surface area contributed by atoms with Crippen molar-refractivity contribution in [1.29, 1.82) is 0 Å². The average molecular weight is 670 g/mol. The van der Waals surface area contributed by atoms with Crippen molar-refractivity contribution in [3.63, 3.8) is 0 Å². The van der Waals surface area contributed by atoms with E-state index in [0.717, 1.165) is 37.7 Å². The molecule has 1 aromatic carbocycles. The molecule has 3 aliphatic rings. The summed E-state index contributed by atoms with van der Waals surface area (Å²) in [6.07, 6.45) is 3.27. The highest BCUT2D eigenvalue weighted by Crippen LogP contribution is 2.43. The summed E-state index contributed by atoms with van der Waals surface area (Å²) in [7, 11) is 0. The van der Waals surface area contributed by atoms with Crippen LogP contribution in [-0.4, -0.2) is 82.6 Å². The summed E-state index contributed by atoms with van der Waals surface area (Å²) in [6.45, 7) is 11.5. The Morgan fingerprint density at radius 1 is 0.958 bits per heavy atom. The van der Waals surface area contributed by atoms with E-state index in [9.17, 15) is 29.1 Å². The van der Waals surface area contributed by atoms with Gasteiger partial charge in [0.2, 0.25) is 17.7 Å². The Kier molecular flexibility index (Phi) is 12.5. The van der Waals surface area contributed by atoms with Crippen molar-refractivity contribution in [3.8, 4) is 0 Å². The number of ether oxygens (including phenoxy) is 1. The van der Waals surface area contributed by atoms with Gasteiger partial charge < -0.3 is 36.0 Å². The van der Waals surface area contributed by atoms with E-state index < -0.39 is 59.5 Å². The lowest BCUT2D eigenvalue weighted by Crippen LogP contribution is -2.62. The molecular formula is C36H55N5O7. The van der Waals surface area contributed by atoms with Crippen LogP contribution in [0, 0.1) is 23.2 Å². The minimum atomic E-state index is -1.40. The van der Waals surface area contributed by atoms with Crippen molar-refractivity contribution in [2.75, 3.05) is 6.54 Å². The Hall–Kier alpha value is -3.67. The second kappa shape index (κ2) is 16.2. The predicted octanol–water partition coefficient (Wildman–Crippen LogP) is 3.02. The van der Waals surface area contributed by atoms with Crippen molar-refractivity contribution >= 4 is 29.7 Å². The minimum absolute atomic E-state index is 0.0459. The number of likely N-dealkylation sites (tertiary alicyclic amines) is 1. The molecule has 7 atom stereocenters. The van der Waals surface area contributed by atoms with E-state index in [1.54, 1.807) is 18.7 Å². The molecule has 12 heteroatoms. The van der Waals surface area contributed by atoms with Crippen LogP contribution in [0.5, 0.6) is 0 Å². The maximum absolute atomic E-state index is 14.4. The molecule has 12 nitrogen and oxygen atoms in total. The molecule has 1 saturated heterocycles. The lowest BCUT2D eigenvalue weighted by Gasteiger charge is -2.37. The normalized spacial score (nSPS) is 23.0. The number of hydrogen-bond donors (Lipinski definition) is 5. The molecule has 0 spiro atoms. The highest BCUT2D eigenvalue weighted by molar-refractivity contribution is 5.95. The standard InChI is InChI=1S/C36H55N5O7/c1-7-12-26(29(42)33(45)37-24-17-18-24)38-32(44)28-25-16-11-15-23(25)19-41(28)34(46)30(36(4,5)6)40-31(43)27(21(2)3)39-35(47)48-20-22-13-9-8-10-14-22/h8-10,13-14,21,23-30,42H,7,11-12,15-20H2,1-6H3,(H,37,45)(H,38,44)(H,39,47)(H,40,43)/t23-,25-,26?,27-,28-,29?,30+/m0/s1. The lowest BCUT2D eigenvalue weighted by atomic mass is 9.85. The van der Waals surface area contributed by atoms with E-state index in [4.69, 9.17) is 4.74 Å². The third-order valence-corrected chi connectivity index (χ3v) is 9.78. The van der Waals surface area contributed by atoms with Crippen molar-refractivity contribution in [3.05, 3.63) is 35.9 Å². The van der Waals surface area contributed by atoms with Gasteiger partial charge in [0.25, 0.3) is 5.91 Å². The van der Waals surface area contributed by atoms with Gasteiger partial charge in [-0.05, 0) is 60.8 Å². The first-order chi connectivity index (χ1) is 22.7. The van der Waals surface area contributed by atoms with Crippen LogP contribution in [-0.2, 0) is 30.5 Å². The summed E-state index contributed by atoms with van der Waals surface area (Å²) in [5.74, 6) is -2.03. The molecule has 2 saturated carbocycles. The number of hydrogen-bond acceptors (Lipinski definition) is 7. The van der Waals surface area contributed by atoms with E-state index >= 15 is 0 Å². The van der Waals surface area contributed by atoms with Gasteiger partial charge >= 0.3 is 6.09 Å². The number of nitrogens with one attached hydrogen (secondary N) is 4. The number of benzene rings is 1. The summed E-state index contributed by atoms with van der Waals surface area (Å²) in [5.41, 5.74) is 0.0745. The van der Waals surface area contributed by atoms with Crippen LogP contribution >= 0.6 is 0 Å². The third-order valence-electron chi connectivity index (χ3n) is 9.78. The van der Waals surface area contributed by atoms with Gasteiger partial charge in [-0.15, -0.1) is 0 Å². The molecule has 1 heterocycles. The van der Waals surface area contributed by atoms with Gasteiger partial charge in [0, 0.05) is 12.6 Å². The van der Waals surface area contributed by atoms with E-state index in [1.165, 1.54) is 0 Å². The van der Waals surface area contributed by atoms with Crippen LogP contribution in [0.3, 0.4) is 0 Å². The van der Waals surface area contributed by atoms with E-state index in [2.05, 4.69) is 21.3 Å². The van der Waals surface area contributed by atoms with Crippen LogP contribution < -0.4 is 21.3 Å². The minimum Gasteiger partial charge on any atom is -0.445 e. The Bertz CT molecular complexity index is 1300. The lowest BCUT2D eigenvalue weighted by molar-refractivity contribution is -0.145. The molecular weight excluding hydrogens is 614 g/mol. The predicted molar refractivity (Wildman–Crippen MR) is 180 cm³/mol. The number of carbonyl (C=O) groups excluding carboxylic acids is 5. The number of fused-ring (bicyclic) bond motifs is 1. The molecule has 5 amide bonds. The Balaban J connectivity index is 1.48. The van der Waals surface area contributed by atoms with Gasteiger partial charge in [0.05, 0.1) is 6.04 Å². The molecule has 5 N–H and O–H groups in total. The second-order valence-electron chi connectivity index (χ2n) is 15.2. The largest absolute Gasteiger partial charge is 0.445 e. The van der Waals surface area contributed by atoms with Crippen molar-refractivity contribution in [2.45, 2.75) is 129 Å². The van der Waals surface area contributed by atoms with Gasteiger partial charge in [-0.2, -0.15) is 0 Å². The Morgan fingerprint density at radius 3 is 2.25 bits per heavy atom. The number of aliphatic hydroxyl groups excluding tert-OH is 1. The first kappa shape index (κ1) is 37.2. The van der Waals surface area contributed by atoms with Crippen LogP contribution in [0.25, 0.3) is 0 Å². The fraction of sp³-hybridized carbons (Fsp3) is 0.694. The monoisotopic (exact) mass is 669 g/mol. The van der Waals surface area contributed by atoms with E-state index in [0.29, 0.717) is 19.4 Å². The molecule has 4 rings (SSSR count). The van der Waals surface area contributed by atoms with Gasteiger partial charge in [-0.1, -0.05) is 84.7 Å². The Morgan fingerprint density at radius 2 is 1.65 bits per heavy atom. The number of rotatable bonds is 14. The van der Waals surface area contributed by atoms with Crippen LogP contribution in [0.15, 0.2) is 30.3 Å². The fourth-order valence-electron chi connectivity index (χ4n) is 6.93. The average Bonchev–Trinajstić information content (AvgIpc) is 3.60. The summed E-state index contributed by atoms with van der Waals surface area (Å²) in [6, 6.07) is 5.72. The molecule has 0 radical (unpaired) electrons. The zero-order valence-electron chi connectivity index (χ0n) is 29.3. The summed E-state index contributed by atoms with van der Waals surface area (Å²) < 4.78 is 5.35. The fourth-order valence-corrected chi connectivity index (χ4v) is 6.93. The molecule has 0 aromatic heterocycles. The van der Waals surface area contributed by atoms with E-state index in [-0.39, 0.29) is 36.3 Å². The second-order valence-corrected chi connectivity index (χ2v) is 15.2. The third kappa shape index (κ3) is 9.48. The molecule has 2 unspecified atom stereocenters. The van der Waals surface area contributed by atoms with Crippen molar-refractivity contribution in [2.24, 2.45) is 23.2 Å². The van der Waals surface area contributed by atoms with Gasteiger partial charge in [-0.3, -0.25) is 19.2 Å². The smallest absolute Gasteiger partial charge is 0.408 e. The van der Waals surface area contributed by atoms with Crippen LogP contribution in [0.2, 0.25) is 0 Å². The number of aliphatic hydroxyl groups is 1.